The molecular formula is C12H9BrClFN2O2S. The topological polar surface area (TPSA) is 72.2 Å². The first-order valence-electron chi connectivity index (χ1n) is 5.32. The first-order chi connectivity index (χ1) is 9.29. The van der Waals surface area contributed by atoms with Crippen LogP contribution in [0, 0.1) is 5.82 Å². The summed E-state index contributed by atoms with van der Waals surface area (Å²) in [4.78, 5) is -0.204. The lowest BCUT2D eigenvalue weighted by molar-refractivity contribution is 0.599. The standard InChI is InChI=1S/C12H9BrClFN2O2S/c13-7-1-3-9(15)11(5-7)17-20(18,19)12-6-8(14)2-4-10(12)16/h1-6,17H,16H2. The molecule has 0 heterocycles. The number of benzene rings is 2. The van der Waals surface area contributed by atoms with E-state index in [1.165, 1.54) is 30.3 Å². The van der Waals surface area contributed by atoms with Crippen LogP contribution in [0.3, 0.4) is 0 Å². The summed E-state index contributed by atoms with van der Waals surface area (Å²) < 4.78 is 40.7. The van der Waals surface area contributed by atoms with Gasteiger partial charge in [-0.1, -0.05) is 27.5 Å². The Morgan fingerprint density at radius 1 is 1.20 bits per heavy atom. The maximum absolute atomic E-state index is 13.6. The lowest BCUT2D eigenvalue weighted by Gasteiger charge is -2.11. The lowest BCUT2D eigenvalue weighted by Crippen LogP contribution is -2.15. The van der Waals surface area contributed by atoms with Crippen LogP contribution in [-0.4, -0.2) is 8.42 Å². The van der Waals surface area contributed by atoms with Crippen molar-refractivity contribution >= 4 is 48.9 Å². The number of halogens is 3. The van der Waals surface area contributed by atoms with Crippen molar-refractivity contribution < 1.29 is 12.8 Å². The molecule has 0 spiro atoms. The third-order valence-corrected chi connectivity index (χ3v) is 4.59. The molecule has 0 aromatic heterocycles. The van der Waals surface area contributed by atoms with Gasteiger partial charge in [0, 0.05) is 9.50 Å². The number of nitrogen functional groups attached to an aromatic ring is 1. The third-order valence-electron chi connectivity index (χ3n) is 2.44. The molecule has 0 aliphatic carbocycles. The second-order valence-electron chi connectivity index (χ2n) is 3.91. The van der Waals surface area contributed by atoms with Crippen LogP contribution >= 0.6 is 27.5 Å². The van der Waals surface area contributed by atoms with E-state index in [4.69, 9.17) is 17.3 Å². The van der Waals surface area contributed by atoms with Crippen LogP contribution < -0.4 is 10.5 Å². The average Bonchev–Trinajstić information content (AvgIpc) is 2.36. The maximum atomic E-state index is 13.6. The van der Waals surface area contributed by atoms with E-state index in [1.807, 2.05) is 0 Å². The molecule has 4 nitrogen and oxygen atoms in total. The summed E-state index contributed by atoms with van der Waals surface area (Å²) in [5, 5.41) is 0.217. The molecule has 0 radical (unpaired) electrons. The zero-order valence-corrected chi connectivity index (χ0v) is 13.1. The van der Waals surface area contributed by atoms with E-state index in [1.54, 1.807) is 0 Å². The Bertz CT molecular complexity index is 768. The molecule has 2 rings (SSSR count). The zero-order valence-electron chi connectivity index (χ0n) is 9.90. The third kappa shape index (κ3) is 3.23. The highest BCUT2D eigenvalue weighted by Gasteiger charge is 2.19. The number of rotatable bonds is 3. The van der Waals surface area contributed by atoms with E-state index in [9.17, 15) is 12.8 Å². The van der Waals surface area contributed by atoms with Crippen molar-refractivity contribution in [3.8, 4) is 0 Å². The SMILES string of the molecule is Nc1ccc(Cl)cc1S(=O)(=O)Nc1cc(Br)ccc1F. The van der Waals surface area contributed by atoms with Crippen LogP contribution in [0.1, 0.15) is 0 Å². The lowest BCUT2D eigenvalue weighted by atomic mass is 10.3. The van der Waals surface area contributed by atoms with Crippen molar-refractivity contribution in [1.82, 2.24) is 0 Å². The molecule has 0 unspecified atom stereocenters. The molecule has 0 amide bonds. The maximum Gasteiger partial charge on any atom is 0.264 e. The van der Waals surface area contributed by atoms with Gasteiger partial charge in [-0.25, -0.2) is 12.8 Å². The minimum atomic E-state index is -4.03. The molecular weight excluding hydrogens is 371 g/mol. The Kier molecular flexibility index (Phi) is 4.22. The summed E-state index contributed by atoms with van der Waals surface area (Å²) in [5.74, 6) is -0.697. The summed E-state index contributed by atoms with van der Waals surface area (Å²) in [7, 11) is -4.03. The van der Waals surface area contributed by atoms with Crippen molar-refractivity contribution in [2.75, 3.05) is 10.5 Å². The second kappa shape index (κ2) is 5.59. The van der Waals surface area contributed by atoms with Crippen molar-refractivity contribution in [1.29, 1.82) is 0 Å². The monoisotopic (exact) mass is 378 g/mol. The first kappa shape index (κ1) is 15.1. The van der Waals surface area contributed by atoms with Gasteiger partial charge in [0.25, 0.3) is 10.0 Å². The Morgan fingerprint density at radius 2 is 1.90 bits per heavy atom. The Balaban J connectivity index is 2.46. The summed E-state index contributed by atoms with van der Waals surface area (Å²) in [6.45, 7) is 0. The Morgan fingerprint density at radius 3 is 2.60 bits per heavy atom. The predicted molar refractivity (Wildman–Crippen MR) is 80.8 cm³/mol. The molecule has 0 saturated carbocycles. The van der Waals surface area contributed by atoms with E-state index in [2.05, 4.69) is 20.7 Å². The van der Waals surface area contributed by atoms with E-state index < -0.39 is 15.8 Å². The fourth-order valence-corrected chi connectivity index (χ4v) is 3.33. The molecule has 0 atom stereocenters. The highest BCUT2D eigenvalue weighted by atomic mass is 79.9. The minimum absolute atomic E-state index is 0.0253. The van der Waals surface area contributed by atoms with Crippen LogP contribution in [0.4, 0.5) is 15.8 Å². The Labute approximate surface area is 128 Å². The molecule has 0 fully saturated rings. The molecule has 2 aromatic rings. The van der Waals surface area contributed by atoms with E-state index in [-0.39, 0.29) is 21.3 Å². The first-order valence-corrected chi connectivity index (χ1v) is 7.98. The van der Waals surface area contributed by atoms with Gasteiger partial charge in [-0.2, -0.15) is 0 Å². The smallest absolute Gasteiger partial charge is 0.264 e. The Hall–Kier alpha value is -1.31. The van der Waals surface area contributed by atoms with Gasteiger partial charge < -0.3 is 5.73 Å². The van der Waals surface area contributed by atoms with Crippen LogP contribution in [-0.2, 0) is 10.0 Å². The molecule has 0 aliphatic rings. The number of hydrogen-bond donors (Lipinski definition) is 2. The molecule has 0 saturated heterocycles. The van der Waals surface area contributed by atoms with E-state index in [0.717, 1.165) is 6.07 Å². The van der Waals surface area contributed by atoms with Gasteiger partial charge in [-0.05, 0) is 36.4 Å². The highest BCUT2D eigenvalue weighted by Crippen LogP contribution is 2.27. The highest BCUT2D eigenvalue weighted by molar-refractivity contribution is 9.10. The number of anilines is 2. The normalized spacial score (nSPS) is 11.3. The number of hydrogen-bond acceptors (Lipinski definition) is 3. The molecule has 20 heavy (non-hydrogen) atoms. The van der Waals surface area contributed by atoms with Crippen molar-refractivity contribution in [3.63, 3.8) is 0 Å². The van der Waals surface area contributed by atoms with Crippen molar-refractivity contribution in [2.45, 2.75) is 4.90 Å². The number of nitrogens with two attached hydrogens (primary N) is 1. The zero-order chi connectivity index (χ0) is 14.9. The fraction of sp³-hybridized carbons (Fsp3) is 0. The quantitative estimate of drug-likeness (QED) is 0.800. The second-order valence-corrected chi connectivity index (χ2v) is 6.91. The minimum Gasteiger partial charge on any atom is -0.398 e. The van der Waals surface area contributed by atoms with Gasteiger partial charge in [0.05, 0.1) is 11.4 Å². The fourth-order valence-electron chi connectivity index (χ4n) is 1.52. The average molecular weight is 380 g/mol. The largest absolute Gasteiger partial charge is 0.398 e. The van der Waals surface area contributed by atoms with Crippen LogP contribution in [0.25, 0.3) is 0 Å². The number of sulfonamides is 1. The summed E-state index contributed by atoms with van der Waals surface area (Å²) in [5.41, 5.74) is 5.46. The van der Waals surface area contributed by atoms with Gasteiger partial charge in [-0.3, -0.25) is 4.72 Å². The predicted octanol–water partition coefficient (Wildman–Crippen LogP) is 3.62. The molecule has 3 N–H and O–H groups in total. The van der Waals surface area contributed by atoms with Crippen molar-refractivity contribution in [3.05, 3.63) is 51.7 Å². The molecule has 0 bridgehead atoms. The molecule has 106 valence electrons. The van der Waals surface area contributed by atoms with Gasteiger partial charge >= 0.3 is 0 Å². The van der Waals surface area contributed by atoms with Crippen LogP contribution in [0.15, 0.2) is 45.8 Å². The summed E-state index contributed by atoms with van der Waals surface area (Å²) in [6.07, 6.45) is 0. The summed E-state index contributed by atoms with van der Waals surface area (Å²) in [6, 6.07) is 7.95. The van der Waals surface area contributed by atoms with Gasteiger partial charge in [0.2, 0.25) is 0 Å². The summed E-state index contributed by atoms with van der Waals surface area (Å²) >= 11 is 8.89. The van der Waals surface area contributed by atoms with Gasteiger partial charge in [0.15, 0.2) is 0 Å². The van der Waals surface area contributed by atoms with Gasteiger partial charge in [-0.15, -0.1) is 0 Å². The van der Waals surface area contributed by atoms with Gasteiger partial charge in [0.1, 0.15) is 10.7 Å². The van der Waals surface area contributed by atoms with Crippen molar-refractivity contribution in [2.24, 2.45) is 0 Å². The van der Waals surface area contributed by atoms with E-state index >= 15 is 0 Å². The molecule has 8 heteroatoms. The van der Waals surface area contributed by atoms with E-state index in [0.29, 0.717) is 4.47 Å². The van der Waals surface area contributed by atoms with Crippen LogP contribution in [0.2, 0.25) is 5.02 Å². The van der Waals surface area contributed by atoms with Crippen LogP contribution in [0.5, 0.6) is 0 Å². The molecule has 0 aliphatic heterocycles. The molecule has 2 aromatic carbocycles. The number of nitrogens with one attached hydrogen (secondary N) is 1.